The number of fused-ring (bicyclic) bond motifs is 1. The van der Waals surface area contributed by atoms with E-state index in [0.717, 1.165) is 22.3 Å². The van der Waals surface area contributed by atoms with E-state index in [0.29, 0.717) is 40.7 Å². The molecule has 0 aliphatic heterocycles. The molecule has 0 bridgehead atoms. The van der Waals surface area contributed by atoms with Gasteiger partial charge in [-0.25, -0.2) is 4.79 Å². The van der Waals surface area contributed by atoms with Gasteiger partial charge in [-0.05, 0) is 53.4 Å². The topological polar surface area (TPSA) is 93.8 Å². The van der Waals surface area contributed by atoms with Crippen LogP contribution < -0.4 is 19.9 Å². The van der Waals surface area contributed by atoms with Crippen LogP contribution in [0.3, 0.4) is 0 Å². The second-order valence-corrected chi connectivity index (χ2v) is 10.8. The van der Waals surface area contributed by atoms with Gasteiger partial charge in [-0.1, -0.05) is 72.8 Å². The molecule has 6 rings (SSSR count). The van der Waals surface area contributed by atoms with E-state index in [1.165, 1.54) is 7.11 Å². The molecule has 9 nitrogen and oxygen atoms in total. The quantitative estimate of drug-likeness (QED) is 0.150. The molecule has 0 amide bonds. The van der Waals surface area contributed by atoms with E-state index in [9.17, 15) is 9.59 Å². The number of carbonyl (C=O) groups is 1. The number of benzene rings is 4. The number of ether oxygens (including phenoxy) is 4. The van der Waals surface area contributed by atoms with Gasteiger partial charge in [0.05, 0.1) is 24.6 Å². The Morgan fingerprint density at radius 1 is 0.761 bits per heavy atom. The molecule has 4 aromatic carbocycles. The SMILES string of the molecule is COC(=O)Cc1ccc(Oc2ccc3c(c2)n(C)c(=O)n3-c2ccc(OCc3ccccc3)nc2OCc2ccccc2)c(C)c1. The van der Waals surface area contributed by atoms with Gasteiger partial charge in [-0.2, -0.15) is 4.98 Å². The number of methoxy groups -OCH3 is 1. The van der Waals surface area contributed by atoms with Crippen molar-refractivity contribution in [2.75, 3.05) is 7.11 Å². The second kappa shape index (κ2) is 13.4. The summed E-state index contributed by atoms with van der Waals surface area (Å²) in [5.41, 5.74) is 5.23. The van der Waals surface area contributed by atoms with E-state index in [1.54, 1.807) is 28.3 Å². The van der Waals surface area contributed by atoms with Crippen LogP contribution in [0.5, 0.6) is 23.3 Å². The van der Waals surface area contributed by atoms with Crippen molar-refractivity contribution < 1.29 is 23.7 Å². The Morgan fingerprint density at radius 3 is 2.13 bits per heavy atom. The first-order valence-corrected chi connectivity index (χ1v) is 14.8. The number of aryl methyl sites for hydroxylation is 2. The van der Waals surface area contributed by atoms with Crippen molar-refractivity contribution >= 4 is 17.0 Å². The minimum atomic E-state index is -0.304. The third-order valence-corrected chi connectivity index (χ3v) is 7.57. The van der Waals surface area contributed by atoms with Crippen LogP contribution in [0.1, 0.15) is 22.3 Å². The summed E-state index contributed by atoms with van der Waals surface area (Å²) in [4.78, 5) is 30.1. The normalized spacial score (nSPS) is 10.9. The molecule has 0 aliphatic carbocycles. The first-order valence-electron chi connectivity index (χ1n) is 14.8. The first-order chi connectivity index (χ1) is 22.4. The lowest BCUT2D eigenvalue weighted by molar-refractivity contribution is -0.139. The summed E-state index contributed by atoms with van der Waals surface area (Å²) in [5.74, 6) is 1.55. The molecule has 232 valence electrons. The molecule has 9 heteroatoms. The summed E-state index contributed by atoms with van der Waals surface area (Å²) in [5, 5.41) is 0. The Hall–Kier alpha value is -5.83. The fraction of sp³-hybridized carbons (Fsp3) is 0.162. The largest absolute Gasteiger partial charge is 0.473 e. The van der Waals surface area contributed by atoms with E-state index in [4.69, 9.17) is 18.9 Å². The zero-order valence-corrected chi connectivity index (χ0v) is 25.8. The van der Waals surface area contributed by atoms with Crippen LogP contribution in [0.4, 0.5) is 0 Å². The molecule has 0 spiro atoms. The van der Waals surface area contributed by atoms with Gasteiger partial charge in [0.1, 0.15) is 30.4 Å². The predicted octanol–water partition coefficient (Wildman–Crippen LogP) is 6.70. The van der Waals surface area contributed by atoms with Gasteiger partial charge in [0.15, 0.2) is 0 Å². The van der Waals surface area contributed by atoms with Crippen LogP contribution in [0, 0.1) is 6.92 Å². The maximum absolute atomic E-state index is 13.7. The number of pyridine rings is 1. The molecule has 0 fully saturated rings. The van der Waals surface area contributed by atoms with Gasteiger partial charge in [0, 0.05) is 19.2 Å². The van der Waals surface area contributed by atoms with Crippen molar-refractivity contribution in [3.05, 3.63) is 142 Å². The Kier molecular flexibility index (Phi) is 8.82. The zero-order valence-electron chi connectivity index (χ0n) is 25.8. The highest BCUT2D eigenvalue weighted by Gasteiger charge is 2.19. The number of aromatic nitrogens is 3. The van der Waals surface area contributed by atoms with Gasteiger partial charge >= 0.3 is 11.7 Å². The van der Waals surface area contributed by atoms with Crippen molar-refractivity contribution in [2.45, 2.75) is 26.6 Å². The molecule has 6 aromatic rings. The van der Waals surface area contributed by atoms with Crippen LogP contribution in [-0.2, 0) is 36.2 Å². The van der Waals surface area contributed by atoms with Crippen molar-refractivity contribution in [1.82, 2.24) is 14.1 Å². The first kappa shape index (κ1) is 30.2. The van der Waals surface area contributed by atoms with Crippen LogP contribution in [0.2, 0.25) is 0 Å². The second-order valence-electron chi connectivity index (χ2n) is 10.8. The summed E-state index contributed by atoms with van der Waals surface area (Å²) in [6, 6.07) is 34.2. The molecule has 0 unspecified atom stereocenters. The van der Waals surface area contributed by atoms with Crippen LogP contribution in [0.15, 0.2) is 114 Å². The van der Waals surface area contributed by atoms with Gasteiger partial charge in [0.2, 0.25) is 11.8 Å². The summed E-state index contributed by atoms with van der Waals surface area (Å²) < 4.78 is 26.3. The maximum Gasteiger partial charge on any atom is 0.333 e. The molecule has 2 heterocycles. The fourth-order valence-electron chi connectivity index (χ4n) is 5.15. The molecular weight excluding hydrogens is 582 g/mol. The number of rotatable bonds is 11. The van der Waals surface area contributed by atoms with Crippen molar-refractivity contribution in [2.24, 2.45) is 7.05 Å². The average molecular weight is 616 g/mol. The highest BCUT2D eigenvalue weighted by molar-refractivity contribution is 5.80. The van der Waals surface area contributed by atoms with E-state index in [-0.39, 0.29) is 30.6 Å². The predicted molar refractivity (Wildman–Crippen MR) is 175 cm³/mol. The summed E-state index contributed by atoms with van der Waals surface area (Å²) in [7, 11) is 3.09. The summed E-state index contributed by atoms with van der Waals surface area (Å²) >= 11 is 0. The van der Waals surface area contributed by atoms with E-state index < -0.39 is 0 Å². The smallest absolute Gasteiger partial charge is 0.333 e. The monoisotopic (exact) mass is 615 g/mol. The number of imidazole rings is 1. The maximum atomic E-state index is 13.7. The number of nitrogens with zero attached hydrogens (tertiary/aromatic N) is 3. The Balaban J connectivity index is 1.32. The highest BCUT2D eigenvalue weighted by Crippen LogP contribution is 2.31. The minimum absolute atomic E-state index is 0.186. The van der Waals surface area contributed by atoms with Crippen molar-refractivity contribution in [3.8, 4) is 28.9 Å². The Bertz CT molecular complexity index is 2050. The molecule has 0 atom stereocenters. The van der Waals surface area contributed by atoms with E-state index >= 15 is 0 Å². The van der Waals surface area contributed by atoms with E-state index in [1.807, 2.05) is 104 Å². The zero-order chi connectivity index (χ0) is 32.0. The fourth-order valence-corrected chi connectivity index (χ4v) is 5.15. The van der Waals surface area contributed by atoms with Gasteiger partial charge in [-0.15, -0.1) is 0 Å². The standard InChI is InChI=1S/C37H33N3O6/c1-25-20-28(21-35(41)43-3)14-18-33(25)46-29-15-16-30-32(22-29)39(2)37(42)40(30)31-17-19-34(44-23-26-10-6-4-7-11-26)38-36(31)45-24-27-12-8-5-9-13-27/h4-20,22H,21,23-24H2,1-3H3. The van der Waals surface area contributed by atoms with Gasteiger partial charge in [-0.3, -0.25) is 13.9 Å². The molecule has 0 radical (unpaired) electrons. The molecular formula is C37H33N3O6. The third-order valence-electron chi connectivity index (χ3n) is 7.57. The van der Waals surface area contributed by atoms with Gasteiger partial charge < -0.3 is 18.9 Å². The Morgan fingerprint density at radius 2 is 1.46 bits per heavy atom. The van der Waals surface area contributed by atoms with Crippen molar-refractivity contribution in [3.63, 3.8) is 0 Å². The lowest BCUT2D eigenvalue weighted by atomic mass is 10.1. The number of hydrogen-bond acceptors (Lipinski definition) is 7. The summed E-state index contributed by atoms with van der Waals surface area (Å²) in [6.45, 7) is 2.52. The lowest BCUT2D eigenvalue weighted by Crippen LogP contribution is -2.21. The molecule has 0 saturated carbocycles. The number of carbonyl (C=O) groups excluding carboxylic acids is 1. The molecule has 0 saturated heterocycles. The van der Waals surface area contributed by atoms with Gasteiger partial charge in [0.25, 0.3) is 0 Å². The minimum Gasteiger partial charge on any atom is -0.473 e. The number of hydrogen-bond donors (Lipinski definition) is 0. The molecule has 2 aromatic heterocycles. The number of esters is 1. The Labute approximate surface area is 266 Å². The molecule has 0 aliphatic rings. The third kappa shape index (κ3) is 6.63. The van der Waals surface area contributed by atoms with Crippen molar-refractivity contribution in [1.29, 1.82) is 0 Å². The van der Waals surface area contributed by atoms with Crippen LogP contribution >= 0.6 is 0 Å². The van der Waals surface area contributed by atoms with E-state index in [2.05, 4.69) is 4.98 Å². The molecule has 46 heavy (non-hydrogen) atoms. The lowest BCUT2D eigenvalue weighted by Gasteiger charge is -2.14. The van der Waals surface area contributed by atoms with Crippen LogP contribution in [0.25, 0.3) is 16.7 Å². The van der Waals surface area contributed by atoms with Crippen LogP contribution in [-0.4, -0.2) is 27.2 Å². The highest BCUT2D eigenvalue weighted by atomic mass is 16.5. The average Bonchev–Trinajstić information content (AvgIpc) is 3.33. The summed E-state index contributed by atoms with van der Waals surface area (Å²) in [6.07, 6.45) is 0.186. The molecule has 0 N–H and O–H groups in total.